The van der Waals surface area contributed by atoms with Gasteiger partial charge in [0, 0.05) is 23.0 Å². The fourth-order valence-electron chi connectivity index (χ4n) is 4.48. The van der Waals surface area contributed by atoms with E-state index in [2.05, 4.69) is 52.3 Å². The molecule has 4 rings (SSSR count). The van der Waals surface area contributed by atoms with Gasteiger partial charge in [-0.1, -0.05) is 61.9 Å². The van der Waals surface area contributed by atoms with Crippen LogP contribution in [0.5, 0.6) is 0 Å². The second-order valence-corrected chi connectivity index (χ2v) is 9.04. The third-order valence-electron chi connectivity index (χ3n) is 5.96. The first kappa shape index (κ1) is 20.7. The van der Waals surface area contributed by atoms with Crippen LogP contribution in [-0.4, -0.2) is 11.6 Å². The molecule has 1 amide bonds. The van der Waals surface area contributed by atoms with Crippen molar-refractivity contribution in [3.63, 3.8) is 0 Å². The molecule has 0 saturated carbocycles. The van der Waals surface area contributed by atoms with Crippen LogP contribution in [0.1, 0.15) is 62.3 Å². The van der Waals surface area contributed by atoms with Gasteiger partial charge in [-0.25, -0.2) is 5.43 Å². The molecular weight excluding hydrogens is 394 g/mol. The van der Waals surface area contributed by atoms with Crippen LogP contribution in [0.25, 0.3) is 0 Å². The zero-order chi connectivity index (χ0) is 21.3. The van der Waals surface area contributed by atoms with Gasteiger partial charge >= 0.3 is 0 Å². The van der Waals surface area contributed by atoms with E-state index in [1.807, 2.05) is 39.0 Å². The first-order valence-corrected chi connectivity index (χ1v) is 11.0. The maximum absolute atomic E-state index is 11.9. The van der Waals surface area contributed by atoms with E-state index in [1.165, 1.54) is 5.56 Å². The van der Waals surface area contributed by atoms with Crippen LogP contribution >= 0.6 is 11.6 Å². The number of hydrogen-bond acceptors (Lipinski definition) is 3. The Hall–Kier alpha value is -2.59. The average Bonchev–Trinajstić information content (AvgIpc) is 3.21. The lowest BCUT2D eigenvalue weighted by Gasteiger charge is -2.38. The lowest BCUT2D eigenvalue weighted by Crippen LogP contribution is -2.29. The minimum absolute atomic E-state index is 0.0506. The fourth-order valence-corrected chi connectivity index (χ4v) is 4.74. The molecule has 0 aromatic heterocycles. The van der Waals surface area contributed by atoms with E-state index in [9.17, 15) is 4.79 Å². The van der Waals surface area contributed by atoms with E-state index in [1.54, 1.807) is 0 Å². The third kappa shape index (κ3) is 4.15. The number of hydrogen-bond donors (Lipinski definition) is 2. The SMILES string of the molecule is C/C(=N/NC(=O)CC(C)C)c1ccc2c(c1)[C@@H]1C=CC[C@@H]1[C@H](c1ccccc1Cl)N2. The number of carbonyl (C=O) groups excluding carboxylic acids is 1. The number of halogens is 1. The monoisotopic (exact) mass is 421 g/mol. The second kappa shape index (κ2) is 8.65. The van der Waals surface area contributed by atoms with Gasteiger partial charge in [0.15, 0.2) is 0 Å². The van der Waals surface area contributed by atoms with Crippen LogP contribution in [0.15, 0.2) is 59.7 Å². The number of nitrogens with one attached hydrogen (secondary N) is 2. The Balaban J connectivity index is 1.61. The van der Waals surface area contributed by atoms with Gasteiger partial charge in [0.05, 0.1) is 11.8 Å². The lowest BCUT2D eigenvalue weighted by molar-refractivity contribution is -0.121. The Morgan fingerprint density at radius 2 is 2.03 bits per heavy atom. The molecule has 3 atom stereocenters. The Kier molecular flexibility index (Phi) is 5.96. The number of carbonyl (C=O) groups is 1. The highest BCUT2D eigenvalue weighted by Gasteiger charge is 2.38. The highest BCUT2D eigenvalue weighted by atomic mass is 35.5. The van der Waals surface area contributed by atoms with Crippen LogP contribution in [0.4, 0.5) is 5.69 Å². The van der Waals surface area contributed by atoms with Gasteiger partial charge in [-0.2, -0.15) is 5.10 Å². The molecule has 2 aromatic rings. The molecule has 4 nitrogen and oxygen atoms in total. The fraction of sp³-hybridized carbons (Fsp3) is 0.360. The van der Waals surface area contributed by atoms with Crippen molar-refractivity contribution in [3.05, 3.63) is 76.3 Å². The summed E-state index contributed by atoms with van der Waals surface area (Å²) in [5, 5.41) is 8.85. The van der Waals surface area contributed by atoms with Crippen LogP contribution < -0.4 is 10.7 Å². The topological polar surface area (TPSA) is 53.5 Å². The summed E-state index contributed by atoms with van der Waals surface area (Å²) in [4.78, 5) is 11.9. The average molecular weight is 422 g/mol. The number of hydrazone groups is 1. The van der Waals surface area contributed by atoms with Gasteiger partial charge in [0.1, 0.15) is 0 Å². The summed E-state index contributed by atoms with van der Waals surface area (Å²) in [5.74, 6) is 1.03. The normalized spacial score (nSPS) is 22.4. The molecule has 0 bridgehead atoms. The molecule has 2 aliphatic rings. The van der Waals surface area contributed by atoms with Crippen molar-refractivity contribution in [1.29, 1.82) is 0 Å². The molecule has 0 spiro atoms. The summed E-state index contributed by atoms with van der Waals surface area (Å²) in [7, 11) is 0. The third-order valence-corrected chi connectivity index (χ3v) is 6.31. The van der Waals surface area contributed by atoms with Crippen molar-refractivity contribution in [2.45, 2.75) is 45.6 Å². The lowest BCUT2D eigenvalue weighted by atomic mass is 9.76. The number of rotatable bonds is 5. The van der Waals surface area contributed by atoms with Gasteiger partial charge in [-0.15, -0.1) is 0 Å². The number of allylic oxidation sites excluding steroid dienone is 2. The van der Waals surface area contributed by atoms with Crippen molar-refractivity contribution in [2.24, 2.45) is 16.9 Å². The van der Waals surface area contributed by atoms with E-state index in [4.69, 9.17) is 11.6 Å². The van der Waals surface area contributed by atoms with Gasteiger partial charge in [0.2, 0.25) is 5.91 Å². The van der Waals surface area contributed by atoms with Crippen molar-refractivity contribution in [1.82, 2.24) is 5.43 Å². The highest BCUT2D eigenvalue weighted by Crippen LogP contribution is 2.50. The van der Waals surface area contributed by atoms with Gasteiger partial charge in [-0.05, 0) is 60.1 Å². The summed E-state index contributed by atoms with van der Waals surface area (Å²) in [6.45, 7) is 5.98. The number of benzene rings is 2. The number of anilines is 1. The predicted molar refractivity (Wildman–Crippen MR) is 124 cm³/mol. The minimum atomic E-state index is -0.0506. The first-order chi connectivity index (χ1) is 14.4. The Morgan fingerprint density at radius 1 is 1.23 bits per heavy atom. The Labute approximate surface area is 183 Å². The summed E-state index contributed by atoms with van der Waals surface area (Å²) < 4.78 is 0. The molecule has 0 radical (unpaired) electrons. The molecule has 0 saturated heterocycles. The molecule has 1 aliphatic heterocycles. The van der Waals surface area contributed by atoms with Crippen molar-refractivity contribution < 1.29 is 4.79 Å². The Bertz CT molecular complexity index is 1010. The molecule has 1 heterocycles. The Morgan fingerprint density at radius 3 is 2.80 bits per heavy atom. The molecule has 2 aromatic carbocycles. The summed E-state index contributed by atoms with van der Waals surface area (Å²) >= 11 is 6.52. The van der Waals surface area contributed by atoms with Crippen molar-refractivity contribution in [3.8, 4) is 0 Å². The van der Waals surface area contributed by atoms with E-state index in [0.29, 0.717) is 24.2 Å². The van der Waals surface area contributed by atoms with E-state index in [0.717, 1.165) is 34.0 Å². The summed E-state index contributed by atoms with van der Waals surface area (Å²) in [6.07, 6.45) is 6.09. The molecule has 0 fully saturated rings. The molecule has 2 N–H and O–H groups in total. The number of amides is 1. The minimum Gasteiger partial charge on any atom is -0.378 e. The molecule has 156 valence electrons. The quantitative estimate of drug-likeness (QED) is 0.350. The standard InChI is InChI=1S/C25H28ClN3O/c1-15(2)13-24(30)29-28-16(3)17-11-12-23-21(14-17)18-8-6-9-19(18)25(27-23)20-7-4-5-10-22(20)26/h4-8,10-12,14-15,18-19,25,27H,9,13H2,1-3H3,(H,29,30)/b28-16-/t18-,19+,25-/m1/s1. The zero-order valence-corrected chi connectivity index (χ0v) is 18.4. The predicted octanol–water partition coefficient (Wildman–Crippen LogP) is 6.05. The molecule has 5 heteroatoms. The highest BCUT2D eigenvalue weighted by molar-refractivity contribution is 6.31. The first-order valence-electron chi connectivity index (χ1n) is 10.6. The maximum Gasteiger partial charge on any atom is 0.240 e. The van der Waals surface area contributed by atoms with Crippen LogP contribution in [0, 0.1) is 11.8 Å². The smallest absolute Gasteiger partial charge is 0.240 e. The van der Waals surface area contributed by atoms with Crippen molar-refractivity contribution in [2.75, 3.05) is 5.32 Å². The van der Waals surface area contributed by atoms with Crippen LogP contribution in [-0.2, 0) is 4.79 Å². The van der Waals surface area contributed by atoms with E-state index >= 15 is 0 Å². The zero-order valence-electron chi connectivity index (χ0n) is 17.7. The summed E-state index contributed by atoms with van der Waals surface area (Å²) in [5.41, 5.74) is 8.07. The summed E-state index contributed by atoms with van der Waals surface area (Å²) in [6, 6.07) is 14.7. The van der Waals surface area contributed by atoms with Crippen molar-refractivity contribution >= 4 is 28.9 Å². The molecule has 1 aliphatic carbocycles. The van der Waals surface area contributed by atoms with Gasteiger partial charge in [-0.3, -0.25) is 4.79 Å². The van der Waals surface area contributed by atoms with Crippen LogP contribution in [0.2, 0.25) is 5.02 Å². The van der Waals surface area contributed by atoms with E-state index in [-0.39, 0.29) is 11.9 Å². The molecule has 0 unspecified atom stereocenters. The second-order valence-electron chi connectivity index (χ2n) is 8.63. The van der Waals surface area contributed by atoms with Gasteiger partial charge < -0.3 is 5.32 Å². The van der Waals surface area contributed by atoms with E-state index < -0.39 is 0 Å². The molecule has 30 heavy (non-hydrogen) atoms. The van der Waals surface area contributed by atoms with Gasteiger partial charge in [0.25, 0.3) is 0 Å². The van der Waals surface area contributed by atoms with Crippen LogP contribution in [0.3, 0.4) is 0 Å². The largest absolute Gasteiger partial charge is 0.378 e. The number of nitrogens with zero attached hydrogens (tertiary/aromatic N) is 1. The number of fused-ring (bicyclic) bond motifs is 3. The molecular formula is C25H28ClN3O. The maximum atomic E-state index is 11.9.